The number of rotatable bonds is 4. The summed E-state index contributed by atoms with van der Waals surface area (Å²) < 4.78 is 23.3. The maximum Gasteiger partial charge on any atom is 0.257 e. The number of amides is 2. The Hall–Kier alpha value is -3.99. The van der Waals surface area contributed by atoms with Crippen LogP contribution in [0.1, 0.15) is 53.0 Å². The van der Waals surface area contributed by atoms with Gasteiger partial charge < -0.3 is 19.5 Å². The Balaban J connectivity index is 1.48. The second kappa shape index (κ2) is 10.2. The van der Waals surface area contributed by atoms with Gasteiger partial charge in [0.1, 0.15) is 5.52 Å². The minimum Gasteiger partial charge on any atom is -0.440 e. The van der Waals surface area contributed by atoms with Gasteiger partial charge in [-0.1, -0.05) is 32.6 Å². The molecular formula is C29H28BrFN6O3. The van der Waals surface area contributed by atoms with Crippen LogP contribution in [0.2, 0.25) is 0 Å². The molecule has 2 atom stereocenters. The highest BCUT2D eigenvalue weighted by Gasteiger charge is 2.42. The summed E-state index contributed by atoms with van der Waals surface area (Å²) in [6.45, 7) is 7.96. The fourth-order valence-electron chi connectivity index (χ4n) is 5.55. The molecular weight excluding hydrogens is 579 g/mol. The van der Waals surface area contributed by atoms with E-state index in [4.69, 9.17) is 4.74 Å². The number of halogens is 2. The van der Waals surface area contributed by atoms with Crippen LogP contribution >= 0.6 is 15.9 Å². The lowest BCUT2D eigenvalue weighted by atomic mass is 9.95. The number of nitrogens with zero attached hydrogens (tertiary/aromatic N) is 5. The molecule has 0 radical (unpaired) electrons. The van der Waals surface area contributed by atoms with Crippen LogP contribution in [0.5, 0.6) is 5.88 Å². The summed E-state index contributed by atoms with van der Waals surface area (Å²) in [4.78, 5) is 37.3. The van der Waals surface area contributed by atoms with Gasteiger partial charge in [0.15, 0.2) is 0 Å². The molecule has 2 aliphatic rings. The Morgan fingerprint density at radius 2 is 1.98 bits per heavy atom. The Kier molecular flexibility index (Phi) is 6.69. The van der Waals surface area contributed by atoms with E-state index >= 15 is 4.39 Å². The topological polar surface area (TPSA) is 96.4 Å². The number of alkyl halides is 1. The molecule has 9 nitrogen and oxygen atoms in total. The first-order valence-corrected chi connectivity index (χ1v) is 13.9. The average molecular weight is 607 g/mol. The zero-order valence-electron chi connectivity index (χ0n) is 22.1. The summed E-state index contributed by atoms with van der Waals surface area (Å²) in [6.07, 6.45) is 1.37. The van der Waals surface area contributed by atoms with Gasteiger partial charge in [-0.15, -0.1) is 5.10 Å². The maximum absolute atomic E-state index is 15.1. The molecule has 0 bridgehead atoms. The van der Waals surface area contributed by atoms with Crippen molar-refractivity contribution in [1.29, 1.82) is 0 Å². The van der Waals surface area contributed by atoms with Crippen LogP contribution in [-0.4, -0.2) is 67.4 Å². The van der Waals surface area contributed by atoms with Gasteiger partial charge in [-0.3, -0.25) is 9.59 Å². The largest absolute Gasteiger partial charge is 0.440 e. The third-order valence-electron chi connectivity index (χ3n) is 7.60. The third-order valence-corrected chi connectivity index (χ3v) is 8.24. The number of ether oxygens (including phenoxy) is 1. The zero-order chi connectivity index (χ0) is 28.1. The van der Waals surface area contributed by atoms with E-state index in [0.717, 1.165) is 21.9 Å². The minimum absolute atomic E-state index is 0.0704. The Bertz CT molecular complexity index is 1630. The molecule has 1 N–H and O–H groups in total. The van der Waals surface area contributed by atoms with Crippen molar-refractivity contribution in [3.63, 3.8) is 0 Å². The SMILES string of the molecule is C=CC(=O)N1C[C@@H](F)Oc2nn(-c3ccc(C(C)C)cc3)c3c2[C@H](C1)N(C(=O)c1ccc(Br)c2nc[nH]c12)CC3. The van der Waals surface area contributed by atoms with Gasteiger partial charge in [0.25, 0.3) is 12.3 Å². The smallest absolute Gasteiger partial charge is 0.257 e. The molecule has 6 rings (SSSR count). The summed E-state index contributed by atoms with van der Waals surface area (Å²) in [6, 6.07) is 11.0. The van der Waals surface area contributed by atoms with Gasteiger partial charge >= 0.3 is 0 Å². The van der Waals surface area contributed by atoms with E-state index in [1.807, 2.05) is 12.1 Å². The van der Waals surface area contributed by atoms with E-state index in [1.54, 1.807) is 28.0 Å². The predicted octanol–water partition coefficient (Wildman–Crippen LogP) is 5.08. The normalized spacial score (nSPS) is 18.7. The van der Waals surface area contributed by atoms with Gasteiger partial charge in [0.2, 0.25) is 11.8 Å². The van der Waals surface area contributed by atoms with Crippen molar-refractivity contribution >= 4 is 38.8 Å². The number of hydrogen-bond acceptors (Lipinski definition) is 5. The summed E-state index contributed by atoms with van der Waals surface area (Å²) in [5.74, 6) is -0.171. The molecule has 2 aromatic heterocycles. The van der Waals surface area contributed by atoms with Crippen LogP contribution in [0.3, 0.4) is 0 Å². The number of imidazole rings is 1. The van der Waals surface area contributed by atoms with E-state index in [2.05, 4.69) is 63.6 Å². The molecule has 0 unspecified atom stereocenters. The van der Waals surface area contributed by atoms with Crippen molar-refractivity contribution < 1.29 is 18.7 Å². The third kappa shape index (κ3) is 4.38. The van der Waals surface area contributed by atoms with Crippen molar-refractivity contribution in [3.05, 3.63) is 82.2 Å². The second-order valence-electron chi connectivity index (χ2n) is 10.3. The summed E-state index contributed by atoms with van der Waals surface area (Å²) in [5, 5.41) is 4.69. The molecule has 2 aromatic carbocycles. The highest BCUT2D eigenvalue weighted by atomic mass is 79.9. The monoisotopic (exact) mass is 606 g/mol. The summed E-state index contributed by atoms with van der Waals surface area (Å²) >= 11 is 3.49. The van der Waals surface area contributed by atoms with E-state index in [-0.39, 0.29) is 24.9 Å². The maximum atomic E-state index is 15.1. The first-order chi connectivity index (χ1) is 19.3. The molecule has 0 saturated carbocycles. The standard InChI is InChI=1S/C29H28BrFN6O3/c1-4-24(38)35-13-22-25-21(11-12-36(22)29(39)19-9-10-20(30)27-26(19)32-15-33-27)37(34-28(25)40-23(31)14-35)18-7-5-17(6-8-18)16(2)3/h4-10,15-16,22-23H,1,11-14H2,2-3H3,(H,32,33)/t22-,23-/m0/s1. The van der Waals surface area contributed by atoms with Crippen LogP contribution in [0.25, 0.3) is 16.7 Å². The molecule has 2 amide bonds. The van der Waals surface area contributed by atoms with E-state index < -0.39 is 18.3 Å². The molecule has 0 aliphatic carbocycles. The Labute approximate surface area is 238 Å². The molecule has 11 heteroatoms. The molecule has 0 saturated heterocycles. The summed E-state index contributed by atoms with van der Waals surface area (Å²) in [5.41, 5.74) is 5.14. The van der Waals surface area contributed by atoms with Crippen molar-refractivity contribution in [2.24, 2.45) is 0 Å². The van der Waals surface area contributed by atoms with Gasteiger partial charge in [0, 0.05) is 24.0 Å². The first kappa shape index (κ1) is 26.2. The summed E-state index contributed by atoms with van der Waals surface area (Å²) in [7, 11) is 0. The van der Waals surface area contributed by atoms with Crippen molar-refractivity contribution in [3.8, 4) is 11.6 Å². The van der Waals surface area contributed by atoms with Crippen molar-refractivity contribution in [2.45, 2.75) is 38.6 Å². The fourth-order valence-corrected chi connectivity index (χ4v) is 5.98. The van der Waals surface area contributed by atoms with Crippen LogP contribution in [0.15, 0.2) is 59.9 Å². The van der Waals surface area contributed by atoms with Crippen molar-refractivity contribution in [1.82, 2.24) is 29.5 Å². The molecule has 206 valence electrons. The van der Waals surface area contributed by atoms with Gasteiger partial charge in [-0.25, -0.2) is 9.67 Å². The number of aromatic nitrogens is 4. The lowest BCUT2D eigenvalue weighted by molar-refractivity contribution is -0.130. The first-order valence-electron chi connectivity index (χ1n) is 13.1. The Morgan fingerprint density at radius 1 is 1.20 bits per heavy atom. The van der Waals surface area contributed by atoms with Crippen LogP contribution < -0.4 is 4.74 Å². The predicted molar refractivity (Wildman–Crippen MR) is 151 cm³/mol. The molecule has 40 heavy (non-hydrogen) atoms. The number of hydrogen-bond donors (Lipinski definition) is 1. The number of carbonyl (C=O) groups excluding carboxylic acids is 2. The number of H-pyrrole nitrogens is 1. The van der Waals surface area contributed by atoms with Crippen LogP contribution in [0.4, 0.5) is 4.39 Å². The lowest BCUT2D eigenvalue weighted by Crippen LogP contribution is -2.49. The van der Waals surface area contributed by atoms with Crippen LogP contribution in [-0.2, 0) is 11.2 Å². The quantitative estimate of drug-likeness (QED) is 0.327. The minimum atomic E-state index is -1.79. The number of carbonyl (C=O) groups is 2. The second-order valence-corrected chi connectivity index (χ2v) is 11.1. The van der Waals surface area contributed by atoms with Crippen LogP contribution in [0, 0.1) is 0 Å². The molecule has 4 heterocycles. The van der Waals surface area contributed by atoms with E-state index in [9.17, 15) is 9.59 Å². The average Bonchev–Trinajstić information content (AvgIpc) is 3.57. The zero-order valence-corrected chi connectivity index (χ0v) is 23.7. The van der Waals surface area contributed by atoms with Gasteiger partial charge in [-0.2, -0.15) is 4.39 Å². The highest BCUT2D eigenvalue weighted by molar-refractivity contribution is 9.10. The highest BCUT2D eigenvalue weighted by Crippen LogP contribution is 2.41. The number of nitrogens with one attached hydrogen (secondary N) is 1. The van der Waals surface area contributed by atoms with E-state index in [0.29, 0.717) is 41.0 Å². The van der Waals surface area contributed by atoms with Gasteiger partial charge in [0.05, 0.1) is 46.9 Å². The Morgan fingerprint density at radius 3 is 2.70 bits per heavy atom. The fraction of sp³-hybridized carbons (Fsp3) is 0.310. The molecule has 0 fully saturated rings. The van der Waals surface area contributed by atoms with E-state index in [1.165, 1.54) is 10.5 Å². The lowest BCUT2D eigenvalue weighted by Gasteiger charge is -2.40. The van der Waals surface area contributed by atoms with Gasteiger partial charge in [-0.05, 0) is 57.8 Å². The molecule has 2 aliphatic heterocycles. The van der Waals surface area contributed by atoms with Crippen molar-refractivity contribution in [2.75, 3.05) is 19.6 Å². The molecule has 0 spiro atoms. The number of benzene rings is 2. The molecule has 4 aromatic rings. The number of aromatic amines is 1. The number of fused-ring (bicyclic) bond motifs is 1.